The van der Waals surface area contributed by atoms with Gasteiger partial charge in [-0.3, -0.25) is 10.1 Å². The summed E-state index contributed by atoms with van der Waals surface area (Å²) < 4.78 is 11.1. The molecule has 1 aliphatic rings. The molecule has 3 rings (SSSR count). The van der Waals surface area contributed by atoms with Gasteiger partial charge in [-0.05, 0) is 17.7 Å². The number of nitrogens with one attached hydrogen (secondary N) is 2. The molecule has 2 atom stereocenters. The van der Waals surface area contributed by atoms with Crippen LogP contribution in [0.15, 0.2) is 54.6 Å². The van der Waals surface area contributed by atoms with E-state index in [1.54, 1.807) is 7.11 Å². The van der Waals surface area contributed by atoms with E-state index < -0.39 is 0 Å². The van der Waals surface area contributed by atoms with Crippen molar-refractivity contribution < 1.29 is 14.3 Å². The number of hydrogen-bond acceptors (Lipinski definition) is 4. The van der Waals surface area contributed by atoms with E-state index in [9.17, 15) is 4.79 Å². The van der Waals surface area contributed by atoms with Crippen LogP contribution in [0.3, 0.4) is 0 Å². The highest BCUT2D eigenvalue weighted by Gasteiger charge is 2.29. The number of amides is 1. The second-order valence-corrected chi connectivity index (χ2v) is 5.73. The fourth-order valence-electron chi connectivity index (χ4n) is 2.97. The zero-order valence-electron chi connectivity index (χ0n) is 13.7. The summed E-state index contributed by atoms with van der Waals surface area (Å²) in [6.07, 6.45) is 0.705. The number of hydrogen-bond donors (Lipinski definition) is 2. The number of rotatable bonds is 6. The minimum Gasteiger partial charge on any atom is -0.493 e. The van der Waals surface area contributed by atoms with E-state index in [2.05, 4.69) is 22.8 Å². The van der Waals surface area contributed by atoms with E-state index in [4.69, 9.17) is 9.47 Å². The van der Waals surface area contributed by atoms with Crippen molar-refractivity contribution in [1.82, 2.24) is 10.6 Å². The molecule has 0 saturated carbocycles. The Morgan fingerprint density at radius 1 is 1.04 bits per heavy atom. The highest BCUT2D eigenvalue weighted by molar-refractivity contribution is 5.79. The summed E-state index contributed by atoms with van der Waals surface area (Å²) in [5.41, 5.74) is 1.17. The summed E-state index contributed by atoms with van der Waals surface area (Å²) in [4.78, 5) is 11.7. The number of para-hydroxylation sites is 2. The molecule has 0 bridgehead atoms. The Bertz CT molecular complexity index is 675. The molecule has 0 aliphatic carbocycles. The Morgan fingerprint density at radius 3 is 2.50 bits per heavy atom. The van der Waals surface area contributed by atoms with Gasteiger partial charge >= 0.3 is 0 Å². The molecule has 0 spiro atoms. The van der Waals surface area contributed by atoms with Gasteiger partial charge in [0.1, 0.15) is 0 Å². The Balaban J connectivity index is 1.64. The van der Waals surface area contributed by atoms with Crippen molar-refractivity contribution in [3.63, 3.8) is 0 Å². The molecule has 1 fully saturated rings. The minimum absolute atomic E-state index is 0.0108. The van der Waals surface area contributed by atoms with Crippen LogP contribution in [-0.4, -0.2) is 32.2 Å². The molecule has 1 aliphatic heterocycles. The predicted molar refractivity (Wildman–Crippen MR) is 92.2 cm³/mol. The molecule has 2 aromatic rings. The third kappa shape index (κ3) is 3.86. The Kier molecular flexibility index (Phi) is 5.33. The molecule has 0 unspecified atom stereocenters. The van der Waals surface area contributed by atoms with Crippen molar-refractivity contribution in [3.8, 4) is 11.5 Å². The molecule has 24 heavy (non-hydrogen) atoms. The number of carbonyl (C=O) groups excluding carboxylic acids is 1. The highest BCUT2D eigenvalue weighted by atomic mass is 16.5. The SMILES string of the molecule is COc1ccccc1OCC[C@@H]1NC(=O)CN[C@H]1c1ccccc1. The van der Waals surface area contributed by atoms with Crippen LogP contribution in [0.4, 0.5) is 0 Å². The average molecular weight is 326 g/mol. The topological polar surface area (TPSA) is 59.6 Å². The Hall–Kier alpha value is -2.53. The second kappa shape index (κ2) is 7.84. The first-order valence-corrected chi connectivity index (χ1v) is 8.11. The number of methoxy groups -OCH3 is 1. The predicted octanol–water partition coefficient (Wildman–Crippen LogP) is 2.29. The molecule has 0 aromatic heterocycles. The fraction of sp³-hybridized carbons (Fsp3) is 0.316. The molecule has 5 nitrogen and oxygen atoms in total. The van der Waals surface area contributed by atoms with E-state index in [0.29, 0.717) is 31.1 Å². The van der Waals surface area contributed by atoms with Gasteiger partial charge in [0.05, 0.1) is 32.3 Å². The maximum absolute atomic E-state index is 11.7. The lowest BCUT2D eigenvalue weighted by Crippen LogP contribution is -2.54. The lowest BCUT2D eigenvalue weighted by Gasteiger charge is -2.33. The summed E-state index contributed by atoms with van der Waals surface area (Å²) in [6, 6.07) is 17.8. The number of carbonyl (C=O) groups is 1. The van der Waals surface area contributed by atoms with Crippen molar-refractivity contribution in [1.29, 1.82) is 0 Å². The van der Waals surface area contributed by atoms with E-state index in [-0.39, 0.29) is 18.0 Å². The van der Waals surface area contributed by atoms with Gasteiger partial charge in [0.15, 0.2) is 11.5 Å². The highest BCUT2D eigenvalue weighted by Crippen LogP contribution is 2.27. The van der Waals surface area contributed by atoms with Crippen LogP contribution in [0, 0.1) is 0 Å². The van der Waals surface area contributed by atoms with Gasteiger partial charge in [-0.1, -0.05) is 42.5 Å². The first kappa shape index (κ1) is 16.3. The van der Waals surface area contributed by atoms with Crippen LogP contribution >= 0.6 is 0 Å². The van der Waals surface area contributed by atoms with Crippen LogP contribution < -0.4 is 20.1 Å². The quantitative estimate of drug-likeness (QED) is 0.855. The summed E-state index contributed by atoms with van der Waals surface area (Å²) >= 11 is 0. The third-order valence-corrected chi connectivity index (χ3v) is 4.15. The van der Waals surface area contributed by atoms with Gasteiger partial charge in [-0.2, -0.15) is 0 Å². The van der Waals surface area contributed by atoms with Crippen molar-refractivity contribution in [2.75, 3.05) is 20.3 Å². The minimum atomic E-state index is -0.0108. The Labute approximate surface area is 142 Å². The zero-order chi connectivity index (χ0) is 16.8. The molecule has 2 N–H and O–H groups in total. The smallest absolute Gasteiger partial charge is 0.234 e. The summed E-state index contributed by atoms with van der Waals surface area (Å²) in [7, 11) is 1.62. The van der Waals surface area contributed by atoms with Crippen LogP contribution in [0.1, 0.15) is 18.0 Å². The fourth-order valence-corrected chi connectivity index (χ4v) is 2.97. The van der Waals surface area contributed by atoms with Crippen LogP contribution in [0.25, 0.3) is 0 Å². The van der Waals surface area contributed by atoms with Crippen molar-refractivity contribution in [3.05, 3.63) is 60.2 Å². The summed E-state index contributed by atoms with van der Waals surface area (Å²) in [6.45, 7) is 0.833. The van der Waals surface area contributed by atoms with Crippen molar-refractivity contribution in [2.24, 2.45) is 0 Å². The van der Waals surface area contributed by atoms with Gasteiger partial charge in [0.25, 0.3) is 0 Å². The summed E-state index contributed by atoms with van der Waals surface area (Å²) in [5.74, 6) is 1.44. The van der Waals surface area contributed by atoms with Crippen LogP contribution in [0.2, 0.25) is 0 Å². The van der Waals surface area contributed by atoms with E-state index in [1.165, 1.54) is 5.56 Å². The molecule has 1 heterocycles. The largest absolute Gasteiger partial charge is 0.493 e. The van der Waals surface area contributed by atoms with Gasteiger partial charge in [-0.25, -0.2) is 0 Å². The normalized spacial score (nSPS) is 20.3. The van der Waals surface area contributed by atoms with Crippen LogP contribution in [0.5, 0.6) is 11.5 Å². The maximum Gasteiger partial charge on any atom is 0.234 e. The van der Waals surface area contributed by atoms with E-state index >= 15 is 0 Å². The third-order valence-electron chi connectivity index (χ3n) is 4.15. The second-order valence-electron chi connectivity index (χ2n) is 5.73. The van der Waals surface area contributed by atoms with Gasteiger partial charge in [0.2, 0.25) is 5.91 Å². The monoisotopic (exact) mass is 326 g/mol. The lowest BCUT2D eigenvalue weighted by atomic mass is 9.95. The number of benzene rings is 2. The average Bonchev–Trinajstić information content (AvgIpc) is 2.63. The van der Waals surface area contributed by atoms with Crippen LogP contribution in [-0.2, 0) is 4.79 Å². The first-order chi connectivity index (χ1) is 11.8. The van der Waals surface area contributed by atoms with E-state index in [1.807, 2.05) is 42.5 Å². The van der Waals surface area contributed by atoms with Gasteiger partial charge in [-0.15, -0.1) is 0 Å². The maximum atomic E-state index is 11.7. The van der Waals surface area contributed by atoms with Gasteiger partial charge in [0, 0.05) is 6.42 Å². The number of ether oxygens (including phenoxy) is 2. The molecule has 0 radical (unpaired) electrons. The molecule has 5 heteroatoms. The molecule has 1 saturated heterocycles. The number of piperazine rings is 1. The van der Waals surface area contributed by atoms with Crippen molar-refractivity contribution >= 4 is 5.91 Å². The molecular weight excluding hydrogens is 304 g/mol. The molecular formula is C19H22N2O3. The standard InChI is InChI=1S/C19H22N2O3/c1-23-16-9-5-6-10-17(16)24-12-11-15-19(20-13-18(22)21-15)14-7-3-2-4-8-14/h2-10,15,19-20H,11-13H2,1H3,(H,21,22)/t15-,19-/m0/s1. The van der Waals surface area contributed by atoms with E-state index in [0.717, 1.165) is 0 Å². The lowest BCUT2D eigenvalue weighted by molar-refractivity contribution is -0.123. The Morgan fingerprint density at radius 2 is 1.75 bits per heavy atom. The summed E-state index contributed by atoms with van der Waals surface area (Å²) in [5, 5.41) is 6.38. The molecule has 2 aromatic carbocycles. The van der Waals surface area contributed by atoms with Gasteiger partial charge < -0.3 is 14.8 Å². The first-order valence-electron chi connectivity index (χ1n) is 8.11. The van der Waals surface area contributed by atoms with Crippen molar-refractivity contribution in [2.45, 2.75) is 18.5 Å². The molecule has 1 amide bonds. The molecule has 126 valence electrons. The zero-order valence-corrected chi connectivity index (χ0v) is 13.7.